The normalized spacial score (nSPS) is 11.8. The van der Waals surface area contributed by atoms with Crippen molar-refractivity contribution in [2.75, 3.05) is 18.1 Å². The topological polar surface area (TPSA) is 66.8 Å². The summed E-state index contributed by atoms with van der Waals surface area (Å²) >= 11 is 0. The van der Waals surface area contributed by atoms with Crippen molar-refractivity contribution in [2.24, 2.45) is 0 Å². The molecule has 1 aromatic rings. The molecule has 5 heteroatoms. The smallest absolute Gasteiger partial charge is 0.331 e. The Hall–Kier alpha value is -1.88. The first kappa shape index (κ1) is 15.2. The summed E-state index contributed by atoms with van der Waals surface area (Å²) in [4.78, 5) is 24.8. The van der Waals surface area contributed by atoms with Crippen LogP contribution in [0.5, 0.6) is 0 Å². The fourth-order valence-corrected chi connectivity index (χ4v) is 1.79. The molecule has 0 heterocycles. The first-order valence-corrected chi connectivity index (χ1v) is 6.15. The number of aliphatic hydroxyl groups is 1. The molecule has 0 fully saturated rings. The molecule has 1 N–H and O–H groups in total. The highest BCUT2D eigenvalue weighted by molar-refractivity contribution is 5.98. The number of esters is 1. The molecular formula is C14H19NO4. The van der Waals surface area contributed by atoms with Crippen molar-refractivity contribution in [3.8, 4) is 0 Å². The molecule has 0 spiro atoms. The third kappa shape index (κ3) is 3.79. The van der Waals surface area contributed by atoms with Gasteiger partial charge in [-0.05, 0) is 26.0 Å². The van der Waals surface area contributed by atoms with Crippen LogP contribution >= 0.6 is 0 Å². The Morgan fingerprint density at radius 2 is 1.89 bits per heavy atom. The number of amides is 1. The van der Waals surface area contributed by atoms with Gasteiger partial charge in [0.1, 0.15) is 0 Å². The second-order valence-corrected chi connectivity index (χ2v) is 4.17. The monoisotopic (exact) mass is 265 g/mol. The second-order valence-electron chi connectivity index (χ2n) is 4.17. The van der Waals surface area contributed by atoms with Crippen LogP contribution in [0.25, 0.3) is 0 Å². The lowest BCUT2D eigenvalue weighted by Crippen LogP contribution is -2.47. The van der Waals surface area contributed by atoms with E-state index in [1.165, 1.54) is 11.8 Å². The molecule has 1 rings (SSSR count). The van der Waals surface area contributed by atoms with Crippen LogP contribution in [-0.2, 0) is 14.3 Å². The van der Waals surface area contributed by atoms with Gasteiger partial charge in [0.05, 0.1) is 13.2 Å². The predicted octanol–water partition coefficient (Wildman–Crippen LogP) is 1.27. The molecule has 19 heavy (non-hydrogen) atoms. The molecule has 0 aliphatic heterocycles. The van der Waals surface area contributed by atoms with Gasteiger partial charge in [-0.15, -0.1) is 0 Å². The number of hydrogen-bond donors (Lipinski definition) is 1. The SMILES string of the molecule is CCOC(=O)C(CO)N(C(C)=O)c1ccc(C)cc1. The van der Waals surface area contributed by atoms with Gasteiger partial charge in [-0.25, -0.2) is 4.79 Å². The van der Waals surface area contributed by atoms with Crippen molar-refractivity contribution < 1.29 is 19.4 Å². The quantitative estimate of drug-likeness (QED) is 0.814. The Bertz CT molecular complexity index is 441. The van der Waals surface area contributed by atoms with Crippen molar-refractivity contribution in [2.45, 2.75) is 26.8 Å². The summed E-state index contributed by atoms with van der Waals surface area (Å²) in [5, 5.41) is 9.36. The van der Waals surface area contributed by atoms with Crippen LogP contribution in [0, 0.1) is 6.92 Å². The molecule has 0 saturated carbocycles. The van der Waals surface area contributed by atoms with Gasteiger partial charge < -0.3 is 9.84 Å². The summed E-state index contributed by atoms with van der Waals surface area (Å²) < 4.78 is 4.88. The summed E-state index contributed by atoms with van der Waals surface area (Å²) in [5.41, 5.74) is 1.61. The minimum Gasteiger partial charge on any atom is -0.464 e. The first-order chi connectivity index (χ1) is 9.01. The van der Waals surface area contributed by atoms with Crippen molar-refractivity contribution in [1.29, 1.82) is 0 Å². The molecular weight excluding hydrogens is 246 g/mol. The number of rotatable bonds is 5. The molecule has 0 bridgehead atoms. The first-order valence-electron chi connectivity index (χ1n) is 6.15. The standard InChI is InChI=1S/C14H19NO4/c1-4-19-14(18)13(9-16)15(11(3)17)12-7-5-10(2)6-8-12/h5-8,13,16H,4,9H2,1-3H3. The second kappa shape index (κ2) is 6.89. The van der Waals surface area contributed by atoms with Gasteiger partial charge >= 0.3 is 5.97 Å². The highest BCUT2D eigenvalue weighted by atomic mass is 16.5. The van der Waals surface area contributed by atoms with Crippen molar-refractivity contribution >= 4 is 17.6 Å². The van der Waals surface area contributed by atoms with E-state index in [1.54, 1.807) is 19.1 Å². The fraction of sp³-hybridized carbons (Fsp3) is 0.429. The van der Waals surface area contributed by atoms with Gasteiger partial charge in [-0.2, -0.15) is 0 Å². The number of anilines is 1. The maximum Gasteiger partial charge on any atom is 0.331 e. The molecule has 0 aliphatic carbocycles. The maximum absolute atomic E-state index is 11.8. The Balaban J connectivity index is 3.08. The van der Waals surface area contributed by atoms with Crippen LogP contribution in [0.2, 0.25) is 0 Å². The zero-order valence-corrected chi connectivity index (χ0v) is 11.4. The number of aliphatic hydroxyl groups excluding tert-OH is 1. The van der Waals surface area contributed by atoms with Gasteiger partial charge in [-0.3, -0.25) is 9.69 Å². The largest absolute Gasteiger partial charge is 0.464 e. The highest BCUT2D eigenvalue weighted by Gasteiger charge is 2.29. The molecule has 1 unspecified atom stereocenters. The third-order valence-corrected chi connectivity index (χ3v) is 2.69. The lowest BCUT2D eigenvalue weighted by molar-refractivity contribution is -0.146. The zero-order chi connectivity index (χ0) is 14.4. The summed E-state index contributed by atoms with van der Waals surface area (Å²) in [6, 6.07) is 6.13. The number of carbonyl (C=O) groups is 2. The average molecular weight is 265 g/mol. The minimum absolute atomic E-state index is 0.203. The predicted molar refractivity (Wildman–Crippen MR) is 71.8 cm³/mol. The van der Waals surface area contributed by atoms with E-state index in [4.69, 9.17) is 4.74 Å². The van der Waals surface area contributed by atoms with E-state index in [9.17, 15) is 14.7 Å². The van der Waals surface area contributed by atoms with Gasteiger partial charge in [0, 0.05) is 12.6 Å². The lowest BCUT2D eigenvalue weighted by atomic mass is 10.1. The summed E-state index contributed by atoms with van der Waals surface area (Å²) in [7, 11) is 0. The van der Waals surface area contributed by atoms with E-state index >= 15 is 0 Å². The average Bonchev–Trinajstić information content (AvgIpc) is 2.37. The molecule has 0 radical (unpaired) electrons. The van der Waals surface area contributed by atoms with Crippen LogP contribution < -0.4 is 4.90 Å². The van der Waals surface area contributed by atoms with Crippen LogP contribution in [0.4, 0.5) is 5.69 Å². The number of carbonyl (C=O) groups excluding carboxylic acids is 2. The van der Waals surface area contributed by atoms with Gasteiger partial charge in [-0.1, -0.05) is 17.7 Å². The minimum atomic E-state index is -1.01. The van der Waals surface area contributed by atoms with E-state index in [2.05, 4.69) is 0 Å². The molecule has 104 valence electrons. The molecule has 1 atom stereocenters. The third-order valence-electron chi connectivity index (χ3n) is 2.69. The number of nitrogens with zero attached hydrogens (tertiary/aromatic N) is 1. The Morgan fingerprint density at radius 3 is 2.32 bits per heavy atom. The summed E-state index contributed by atoms with van der Waals surface area (Å²) in [6.07, 6.45) is 0. The Labute approximate surface area is 112 Å². The van der Waals surface area contributed by atoms with Gasteiger partial charge in [0.15, 0.2) is 6.04 Å². The Kier molecular flexibility index (Phi) is 5.51. The molecule has 1 aromatic carbocycles. The van der Waals surface area contributed by atoms with Gasteiger partial charge in [0.2, 0.25) is 5.91 Å². The van der Waals surface area contributed by atoms with E-state index in [1.807, 2.05) is 19.1 Å². The lowest BCUT2D eigenvalue weighted by Gasteiger charge is -2.28. The van der Waals surface area contributed by atoms with Crippen LogP contribution in [0.15, 0.2) is 24.3 Å². The zero-order valence-electron chi connectivity index (χ0n) is 11.4. The number of ether oxygens (including phenoxy) is 1. The number of hydrogen-bond acceptors (Lipinski definition) is 4. The summed E-state index contributed by atoms with van der Waals surface area (Å²) in [5.74, 6) is -0.934. The molecule has 1 amide bonds. The van der Waals surface area contributed by atoms with E-state index < -0.39 is 18.6 Å². The van der Waals surface area contributed by atoms with E-state index in [-0.39, 0.29) is 12.5 Å². The van der Waals surface area contributed by atoms with Crippen molar-refractivity contribution in [1.82, 2.24) is 0 Å². The van der Waals surface area contributed by atoms with E-state index in [0.29, 0.717) is 5.69 Å². The molecule has 5 nitrogen and oxygen atoms in total. The highest BCUT2D eigenvalue weighted by Crippen LogP contribution is 2.19. The van der Waals surface area contributed by atoms with Crippen LogP contribution in [0.3, 0.4) is 0 Å². The van der Waals surface area contributed by atoms with E-state index in [0.717, 1.165) is 5.56 Å². The van der Waals surface area contributed by atoms with Crippen molar-refractivity contribution in [3.05, 3.63) is 29.8 Å². The maximum atomic E-state index is 11.8. The van der Waals surface area contributed by atoms with Gasteiger partial charge in [0.25, 0.3) is 0 Å². The fourth-order valence-electron chi connectivity index (χ4n) is 1.79. The number of benzene rings is 1. The van der Waals surface area contributed by atoms with Crippen molar-refractivity contribution in [3.63, 3.8) is 0 Å². The Morgan fingerprint density at radius 1 is 1.32 bits per heavy atom. The molecule has 0 aliphatic rings. The summed E-state index contributed by atoms with van der Waals surface area (Å²) in [6.45, 7) is 4.68. The molecule has 0 saturated heterocycles. The van der Waals surface area contributed by atoms with Crippen LogP contribution in [0.1, 0.15) is 19.4 Å². The van der Waals surface area contributed by atoms with Crippen LogP contribution in [-0.4, -0.2) is 36.2 Å². The number of aryl methyl sites for hydroxylation is 1. The molecule has 0 aromatic heterocycles.